The van der Waals surface area contributed by atoms with E-state index in [1.165, 1.54) is 17.6 Å². The Bertz CT molecular complexity index is 846. The Kier molecular flexibility index (Phi) is 4.53. The first-order valence-corrected chi connectivity index (χ1v) is 8.64. The van der Waals surface area contributed by atoms with Crippen molar-refractivity contribution in [3.63, 3.8) is 0 Å². The van der Waals surface area contributed by atoms with E-state index in [1.54, 1.807) is 6.07 Å². The molecule has 6 heteroatoms. The van der Waals surface area contributed by atoms with Gasteiger partial charge in [0.1, 0.15) is 5.82 Å². The van der Waals surface area contributed by atoms with Crippen LogP contribution < -0.4 is 5.32 Å². The van der Waals surface area contributed by atoms with Gasteiger partial charge >= 0.3 is 0 Å². The van der Waals surface area contributed by atoms with Crippen LogP contribution in [0.2, 0.25) is 0 Å². The molecule has 24 heavy (non-hydrogen) atoms. The van der Waals surface area contributed by atoms with Gasteiger partial charge in [0, 0.05) is 34.5 Å². The molecule has 1 fully saturated rings. The van der Waals surface area contributed by atoms with E-state index in [1.807, 2.05) is 24.3 Å². The summed E-state index contributed by atoms with van der Waals surface area (Å²) >= 11 is 1.48. The SMILES string of the molecule is Fc1ccc(C2OCCO2)cc1CNCc1snc2ccccc12. The van der Waals surface area contributed by atoms with Gasteiger partial charge in [-0.1, -0.05) is 24.3 Å². The van der Waals surface area contributed by atoms with Crippen LogP contribution >= 0.6 is 11.5 Å². The Hall–Kier alpha value is -1.86. The number of benzene rings is 2. The van der Waals surface area contributed by atoms with E-state index in [0.29, 0.717) is 31.9 Å². The molecule has 1 aromatic heterocycles. The van der Waals surface area contributed by atoms with Gasteiger partial charge in [-0.3, -0.25) is 0 Å². The molecule has 0 radical (unpaired) electrons. The summed E-state index contributed by atoms with van der Waals surface area (Å²) in [6, 6.07) is 13.0. The predicted octanol–water partition coefficient (Wildman–Crippen LogP) is 3.77. The minimum absolute atomic E-state index is 0.224. The van der Waals surface area contributed by atoms with Crippen LogP contribution in [0.25, 0.3) is 10.9 Å². The van der Waals surface area contributed by atoms with E-state index < -0.39 is 0 Å². The highest BCUT2D eigenvalue weighted by molar-refractivity contribution is 7.07. The van der Waals surface area contributed by atoms with Gasteiger partial charge in [-0.15, -0.1) is 0 Å². The Morgan fingerprint density at radius 2 is 1.96 bits per heavy atom. The lowest BCUT2D eigenvalue weighted by Gasteiger charge is -2.12. The van der Waals surface area contributed by atoms with Crippen LogP contribution in [0, 0.1) is 5.82 Å². The summed E-state index contributed by atoms with van der Waals surface area (Å²) < 4.78 is 29.4. The van der Waals surface area contributed by atoms with Crippen molar-refractivity contribution in [2.45, 2.75) is 19.4 Å². The molecule has 1 saturated heterocycles. The molecule has 4 rings (SSSR count). The molecule has 1 N–H and O–H groups in total. The number of halogens is 1. The summed E-state index contributed by atoms with van der Waals surface area (Å²) in [6.07, 6.45) is -0.380. The molecular formula is C18H17FN2O2S. The molecule has 4 nitrogen and oxygen atoms in total. The fraction of sp³-hybridized carbons (Fsp3) is 0.278. The first kappa shape index (κ1) is 15.7. The van der Waals surface area contributed by atoms with E-state index in [9.17, 15) is 4.39 Å². The van der Waals surface area contributed by atoms with Crippen molar-refractivity contribution in [1.82, 2.24) is 9.69 Å². The molecule has 2 aromatic carbocycles. The summed E-state index contributed by atoms with van der Waals surface area (Å²) in [4.78, 5) is 1.16. The third-order valence-corrected chi connectivity index (χ3v) is 4.90. The van der Waals surface area contributed by atoms with Crippen molar-refractivity contribution in [2.75, 3.05) is 13.2 Å². The second kappa shape index (κ2) is 6.94. The second-order valence-electron chi connectivity index (χ2n) is 5.65. The highest BCUT2D eigenvalue weighted by Crippen LogP contribution is 2.25. The Labute approximate surface area is 143 Å². The normalized spacial score (nSPS) is 15.4. The van der Waals surface area contributed by atoms with E-state index in [0.717, 1.165) is 21.3 Å². The summed E-state index contributed by atoms with van der Waals surface area (Å²) in [5.74, 6) is -0.224. The monoisotopic (exact) mass is 344 g/mol. The Morgan fingerprint density at radius 1 is 1.12 bits per heavy atom. The standard InChI is InChI=1S/C18H17FN2O2S/c19-15-6-5-12(18-22-7-8-23-18)9-13(15)10-20-11-17-14-3-1-2-4-16(14)21-24-17/h1-6,9,18,20H,7-8,10-11H2. The third kappa shape index (κ3) is 3.18. The molecule has 2 heterocycles. The smallest absolute Gasteiger partial charge is 0.184 e. The van der Waals surface area contributed by atoms with Gasteiger partial charge < -0.3 is 14.8 Å². The first-order valence-electron chi connectivity index (χ1n) is 7.87. The molecule has 0 atom stereocenters. The van der Waals surface area contributed by atoms with Crippen molar-refractivity contribution in [1.29, 1.82) is 0 Å². The van der Waals surface area contributed by atoms with Crippen molar-refractivity contribution >= 4 is 22.4 Å². The Morgan fingerprint density at radius 3 is 2.83 bits per heavy atom. The van der Waals surface area contributed by atoms with E-state index in [2.05, 4.69) is 15.8 Å². The van der Waals surface area contributed by atoms with Crippen LogP contribution in [-0.4, -0.2) is 17.6 Å². The maximum absolute atomic E-state index is 14.0. The number of hydrogen-bond acceptors (Lipinski definition) is 5. The molecule has 0 aliphatic carbocycles. The average molecular weight is 344 g/mol. The molecule has 1 aliphatic heterocycles. The number of fused-ring (bicyclic) bond motifs is 1. The number of hydrogen-bond donors (Lipinski definition) is 1. The minimum Gasteiger partial charge on any atom is -0.346 e. The topological polar surface area (TPSA) is 43.4 Å². The molecule has 3 aromatic rings. The lowest BCUT2D eigenvalue weighted by Crippen LogP contribution is -2.14. The van der Waals surface area contributed by atoms with E-state index in [-0.39, 0.29) is 12.1 Å². The molecule has 0 unspecified atom stereocenters. The number of nitrogens with zero attached hydrogens (tertiary/aromatic N) is 1. The molecule has 124 valence electrons. The summed E-state index contributed by atoms with van der Waals surface area (Å²) in [7, 11) is 0. The highest BCUT2D eigenvalue weighted by Gasteiger charge is 2.19. The summed E-state index contributed by atoms with van der Waals surface area (Å²) in [5, 5.41) is 4.45. The van der Waals surface area contributed by atoms with Crippen LogP contribution in [0.4, 0.5) is 4.39 Å². The summed E-state index contributed by atoms with van der Waals surface area (Å²) in [6.45, 7) is 2.26. The largest absolute Gasteiger partial charge is 0.346 e. The lowest BCUT2D eigenvalue weighted by molar-refractivity contribution is -0.0442. The fourth-order valence-corrected chi connectivity index (χ4v) is 3.61. The van der Waals surface area contributed by atoms with E-state index in [4.69, 9.17) is 9.47 Å². The van der Waals surface area contributed by atoms with E-state index >= 15 is 0 Å². The Balaban J connectivity index is 1.44. The number of aromatic nitrogens is 1. The van der Waals surface area contributed by atoms with Crippen LogP contribution in [-0.2, 0) is 22.6 Å². The van der Waals surface area contributed by atoms with Gasteiger partial charge in [-0.05, 0) is 29.7 Å². The lowest BCUT2D eigenvalue weighted by atomic mass is 10.1. The number of nitrogens with one attached hydrogen (secondary N) is 1. The molecule has 1 aliphatic rings. The predicted molar refractivity (Wildman–Crippen MR) is 91.2 cm³/mol. The highest BCUT2D eigenvalue weighted by atomic mass is 32.1. The number of rotatable bonds is 5. The second-order valence-corrected chi connectivity index (χ2v) is 6.51. The average Bonchev–Trinajstić information content (AvgIpc) is 3.27. The zero-order valence-electron chi connectivity index (χ0n) is 13.0. The van der Waals surface area contributed by atoms with Gasteiger partial charge in [0.2, 0.25) is 0 Å². The first-order chi connectivity index (χ1) is 11.8. The van der Waals surface area contributed by atoms with Crippen LogP contribution in [0.5, 0.6) is 0 Å². The van der Waals surface area contributed by atoms with Crippen molar-refractivity contribution in [3.8, 4) is 0 Å². The molecule has 0 saturated carbocycles. The maximum Gasteiger partial charge on any atom is 0.184 e. The van der Waals surface area contributed by atoms with Crippen LogP contribution in [0.3, 0.4) is 0 Å². The van der Waals surface area contributed by atoms with Crippen molar-refractivity contribution in [3.05, 3.63) is 64.3 Å². The maximum atomic E-state index is 14.0. The zero-order valence-corrected chi connectivity index (χ0v) is 13.8. The molecular weight excluding hydrogens is 327 g/mol. The molecule has 0 bridgehead atoms. The summed E-state index contributed by atoms with van der Waals surface area (Å²) in [5.41, 5.74) is 2.47. The van der Waals surface area contributed by atoms with Crippen LogP contribution in [0.1, 0.15) is 22.3 Å². The van der Waals surface area contributed by atoms with Gasteiger partial charge in [-0.2, -0.15) is 4.37 Å². The van der Waals surface area contributed by atoms with Gasteiger partial charge in [0.05, 0.1) is 18.7 Å². The quantitative estimate of drug-likeness (QED) is 0.765. The van der Waals surface area contributed by atoms with Gasteiger partial charge in [0.15, 0.2) is 6.29 Å². The molecule has 0 spiro atoms. The number of ether oxygens (including phenoxy) is 2. The molecule has 0 amide bonds. The van der Waals surface area contributed by atoms with Crippen molar-refractivity contribution in [2.24, 2.45) is 0 Å². The third-order valence-electron chi connectivity index (χ3n) is 4.02. The van der Waals surface area contributed by atoms with Gasteiger partial charge in [-0.25, -0.2) is 4.39 Å². The van der Waals surface area contributed by atoms with Crippen LogP contribution in [0.15, 0.2) is 42.5 Å². The minimum atomic E-state index is -0.380. The fourth-order valence-electron chi connectivity index (χ4n) is 2.81. The van der Waals surface area contributed by atoms with Crippen molar-refractivity contribution < 1.29 is 13.9 Å². The van der Waals surface area contributed by atoms with Gasteiger partial charge in [0.25, 0.3) is 0 Å². The zero-order chi connectivity index (χ0) is 16.4.